The monoisotopic (exact) mass is 503 g/mol. The summed E-state index contributed by atoms with van der Waals surface area (Å²) in [4.78, 5) is 40.6. The van der Waals surface area contributed by atoms with Gasteiger partial charge in [0.2, 0.25) is 21.0 Å². The molecular formula is C19H39NO10P2. The molecule has 0 aromatic rings. The van der Waals surface area contributed by atoms with E-state index in [2.05, 4.69) is 17.9 Å². The van der Waals surface area contributed by atoms with Crippen molar-refractivity contribution in [3.05, 3.63) is 0 Å². The summed E-state index contributed by atoms with van der Waals surface area (Å²) in [6.45, 7) is 2.64. The minimum atomic E-state index is -3.63. The zero-order valence-corrected chi connectivity index (χ0v) is 20.6. The van der Waals surface area contributed by atoms with Crippen LogP contribution in [0.25, 0.3) is 0 Å². The molecule has 4 N–H and O–H groups in total. The van der Waals surface area contributed by atoms with Crippen molar-refractivity contribution in [2.24, 2.45) is 0 Å². The van der Waals surface area contributed by atoms with E-state index in [1.54, 1.807) is 7.11 Å². The molecule has 1 aliphatic heterocycles. The lowest BCUT2D eigenvalue weighted by Crippen LogP contribution is -2.28. The summed E-state index contributed by atoms with van der Waals surface area (Å²) in [7, 11) is -5.29. The van der Waals surface area contributed by atoms with Crippen molar-refractivity contribution in [1.29, 1.82) is 0 Å². The molecule has 0 saturated carbocycles. The Kier molecular flexibility index (Phi) is 15.2. The second kappa shape index (κ2) is 16.4. The predicted octanol–water partition coefficient (Wildman–Crippen LogP) is 1.29. The predicted molar refractivity (Wildman–Crippen MR) is 125 cm³/mol. The Labute approximate surface area is 190 Å². The number of carbonyl (C=O) groups is 1. The van der Waals surface area contributed by atoms with E-state index in [4.69, 9.17) is 27.8 Å². The van der Waals surface area contributed by atoms with Gasteiger partial charge in [-0.25, -0.2) is 0 Å². The molecule has 1 heterocycles. The van der Waals surface area contributed by atoms with Crippen molar-refractivity contribution in [2.75, 3.05) is 53.3 Å². The molecular weight excluding hydrogens is 464 g/mol. The van der Waals surface area contributed by atoms with Crippen LogP contribution in [0.1, 0.15) is 38.5 Å². The van der Waals surface area contributed by atoms with Crippen molar-refractivity contribution < 1.29 is 47.3 Å². The lowest BCUT2D eigenvalue weighted by molar-refractivity contribution is -0.122. The van der Waals surface area contributed by atoms with Crippen LogP contribution in [0.3, 0.4) is 0 Å². The van der Waals surface area contributed by atoms with Crippen LogP contribution in [0.15, 0.2) is 0 Å². The first-order chi connectivity index (χ1) is 15.1. The van der Waals surface area contributed by atoms with Crippen LogP contribution >= 0.6 is 15.1 Å². The fraction of sp³-hybridized carbons (Fsp3) is 0.842. The first-order valence-electron chi connectivity index (χ1n) is 10.7. The Morgan fingerprint density at radius 1 is 1.06 bits per heavy atom. The van der Waals surface area contributed by atoms with Gasteiger partial charge < -0.3 is 47.8 Å². The largest absolute Gasteiger partial charge is 0.382 e. The third-order valence-electron chi connectivity index (χ3n) is 4.49. The summed E-state index contributed by atoms with van der Waals surface area (Å²) in [6.07, 6.45) is 9.81. The molecule has 0 aromatic carbocycles. The van der Waals surface area contributed by atoms with Crippen molar-refractivity contribution in [1.82, 2.24) is 5.32 Å². The van der Waals surface area contributed by atoms with Gasteiger partial charge in [0, 0.05) is 33.1 Å². The van der Waals surface area contributed by atoms with Gasteiger partial charge in [-0.15, -0.1) is 0 Å². The Hall–Kier alpha value is -0.290. The minimum absolute atomic E-state index is 0.0322. The minimum Gasteiger partial charge on any atom is -0.382 e. The molecule has 190 valence electrons. The number of hydrogen-bond donors (Lipinski definition) is 4. The SMILES string of the molecule is C=P(O)(O)OC1CCOC1COP(=C)(O)OCCCCCCNC(=O)CCOCCOC. The summed E-state index contributed by atoms with van der Waals surface area (Å²) in [5.41, 5.74) is 0. The lowest BCUT2D eigenvalue weighted by Gasteiger charge is -2.24. The highest BCUT2D eigenvalue weighted by Crippen LogP contribution is 2.45. The van der Waals surface area contributed by atoms with Crippen LogP contribution in [0.2, 0.25) is 0 Å². The van der Waals surface area contributed by atoms with Crippen molar-refractivity contribution in [2.45, 2.75) is 50.7 Å². The molecule has 32 heavy (non-hydrogen) atoms. The highest BCUT2D eigenvalue weighted by Gasteiger charge is 2.33. The van der Waals surface area contributed by atoms with E-state index in [1.165, 1.54) is 0 Å². The Balaban J connectivity index is 2.03. The average molecular weight is 503 g/mol. The van der Waals surface area contributed by atoms with E-state index in [9.17, 15) is 19.5 Å². The quantitative estimate of drug-likeness (QED) is 0.150. The van der Waals surface area contributed by atoms with Gasteiger partial charge in [0.15, 0.2) is 0 Å². The van der Waals surface area contributed by atoms with Crippen LogP contribution in [-0.4, -0.2) is 98.7 Å². The molecule has 11 nitrogen and oxygen atoms in total. The number of amides is 1. The number of methoxy groups -OCH3 is 1. The van der Waals surface area contributed by atoms with Gasteiger partial charge in [-0.05, 0) is 25.4 Å². The van der Waals surface area contributed by atoms with Crippen LogP contribution in [0.5, 0.6) is 0 Å². The summed E-state index contributed by atoms with van der Waals surface area (Å²) in [6, 6.07) is 0. The fourth-order valence-electron chi connectivity index (χ4n) is 2.86. The summed E-state index contributed by atoms with van der Waals surface area (Å²) < 4.78 is 31.4. The van der Waals surface area contributed by atoms with Gasteiger partial charge in [0.25, 0.3) is 0 Å². The second-order valence-corrected chi connectivity index (χ2v) is 10.7. The van der Waals surface area contributed by atoms with Gasteiger partial charge >= 0.3 is 0 Å². The number of nitrogens with one attached hydrogen (secondary N) is 1. The molecule has 0 aliphatic carbocycles. The molecule has 1 aliphatic rings. The van der Waals surface area contributed by atoms with E-state index >= 15 is 0 Å². The molecule has 1 fully saturated rings. The van der Waals surface area contributed by atoms with E-state index in [0.717, 1.165) is 25.7 Å². The Morgan fingerprint density at radius 3 is 2.53 bits per heavy atom. The number of hydrogen-bond acceptors (Lipinski definition) is 10. The maximum Gasteiger partial charge on any atom is 0.248 e. The van der Waals surface area contributed by atoms with E-state index in [1.807, 2.05) is 0 Å². The molecule has 1 amide bonds. The Bertz CT molecular complexity index is 615. The molecule has 13 heteroatoms. The van der Waals surface area contributed by atoms with E-state index in [0.29, 0.717) is 52.4 Å². The van der Waals surface area contributed by atoms with Crippen molar-refractivity contribution in [3.8, 4) is 0 Å². The zero-order chi connectivity index (χ0) is 23.9. The summed E-state index contributed by atoms with van der Waals surface area (Å²) >= 11 is 0. The maximum absolute atomic E-state index is 11.6. The van der Waals surface area contributed by atoms with Gasteiger partial charge in [0.1, 0.15) is 6.10 Å². The van der Waals surface area contributed by atoms with E-state index < -0.39 is 27.3 Å². The van der Waals surface area contributed by atoms with Gasteiger partial charge in [0.05, 0.1) is 39.1 Å². The first-order valence-corrected chi connectivity index (χ1v) is 14.3. The highest BCUT2D eigenvalue weighted by atomic mass is 31.2. The molecule has 1 saturated heterocycles. The molecule has 1 rings (SSSR count). The lowest BCUT2D eigenvalue weighted by atomic mass is 10.2. The van der Waals surface area contributed by atoms with Gasteiger partial charge in [-0.3, -0.25) is 4.79 Å². The van der Waals surface area contributed by atoms with Gasteiger partial charge in [-0.1, -0.05) is 12.8 Å². The zero-order valence-electron chi connectivity index (χ0n) is 18.9. The van der Waals surface area contributed by atoms with Crippen LogP contribution in [0, 0.1) is 0 Å². The third kappa shape index (κ3) is 15.5. The normalized spacial score (nSPS) is 20.9. The van der Waals surface area contributed by atoms with Crippen molar-refractivity contribution in [3.63, 3.8) is 0 Å². The smallest absolute Gasteiger partial charge is 0.248 e. The molecule has 3 atom stereocenters. The fourth-order valence-corrected chi connectivity index (χ4v) is 4.41. The highest BCUT2D eigenvalue weighted by molar-refractivity contribution is 7.58. The Morgan fingerprint density at radius 2 is 1.81 bits per heavy atom. The average Bonchev–Trinajstić information content (AvgIpc) is 3.13. The maximum atomic E-state index is 11.6. The third-order valence-corrected chi connectivity index (χ3v) is 6.23. The molecule has 0 bridgehead atoms. The molecule has 0 aromatic heterocycles. The molecule has 0 radical (unpaired) electrons. The summed E-state index contributed by atoms with van der Waals surface area (Å²) in [5.74, 6) is -0.0329. The standard InChI is InChI=1S/C19H39NO10P2/c1-25-14-15-26-12-9-19(21)20-10-6-4-5-7-11-28-32(3,24)29-16-18-17(8-13-27-18)30-31(2,22)23/h17-18,22-24H,2-16H2,1H3,(H,20,21). The van der Waals surface area contributed by atoms with Gasteiger partial charge in [-0.2, -0.15) is 0 Å². The van der Waals surface area contributed by atoms with Crippen LogP contribution in [0.4, 0.5) is 0 Å². The molecule has 3 unspecified atom stereocenters. The first kappa shape index (κ1) is 29.7. The summed E-state index contributed by atoms with van der Waals surface area (Å²) in [5, 5.41) is 2.85. The van der Waals surface area contributed by atoms with Crippen LogP contribution < -0.4 is 5.32 Å². The number of ether oxygens (including phenoxy) is 3. The number of rotatable bonds is 19. The second-order valence-electron chi connectivity index (χ2n) is 7.39. The number of unbranched alkanes of at least 4 members (excludes halogenated alkanes) is 3. The topological polar surface area (TPSA) is 145 Å². The van der Waals surface area contributed by atoms with E-state index in [-0.39, 0.29) is 12.5 Å². The molecule has 0 spiro atoms. The van der Waals surface area contributed by atoms with Crippen LogP contribution in [-0.2, 0) is 32.6 Å². The number of carbonyl (C=O) groups excluding carboxylic acids is 1. The van der Waals surface area contributed by atoms with Crippen molar-refractivity contribution >= 4 is 33.6 Å².